The van der Waals surface area contributed by atoms with Crippen molar-refractivity contribution in [2.75, 3.05) is 24.4 Å². The summed E-state index contributed by atoms with van der Waals surface area (Å²) in [5.74, 6) is -0.00639. The number of rotatable bonds is 3. The first kappa shape index (κ1) is 24.6. The van der Waals surface area contributed by atoms with E-state index in [0.29, 0.717) is 33.8 Å². The van der Waals surface area contributed by atoms with Crippen molar-refractivity contribution in [2.24, 2.45) is 0 Å². The lowest BCUT2D eigenvalue weighted by Gasteiger charge is -2.33. The van der Waals surface area contributed by atoms with Crippen molar-refractivity contribution in [3.05, 3.63) is 101 Å². The maximum atomic E-state index is 14.2. The molecule has 1 aromatic heterocycles. The number of ketones is 1. The number of carbonyl (C=O) groups excluding carboxylic acids is 2. The topological polar surface area (TPSA) is 83.8 Å². The molecule has 4 aromatic rings. The van der Waals surface area contributed by atoms with Gasteiger partial charge in [-0.05, 0) is 43.7 Å². The molecule has 2 aliphatic heterocycles. The Bertz CT molecular complexity index is 1700. The van der Waals surface area contributed by atoms with Crippen LogP contribution in [0.3, 0.4) is 0 Å². The van der Waals surface area contributed by atoms with Gasteiger partial charge in [0.25, 0.3) is 0 Å². The second-order valence-electron chi connectivity index (χ2n) is 9.93. The van der Waals surface area contributed by atoms with Crippen LogP contribution in [0.25, 0.3) is 16.9 Å². The van der Waals surface area contributed by atoms with Crippen LogP contribution < -0.4 is 15.0 Å². The molecule has 2 aliphatic rings. The van der Waals surface area contributed by atoms with E-state index < -0.39 is 6.04 Å². The van der Waals surface area contributed by atoms with Gasteiger partial charge in [-0.1, -0.05) is 54.1 Å². The lowest BCUT2D eigenvalue weighted by atomic mass is 9.95. The Morgan fingerprint density at radius 1 is 1.05 bits per heavy atom. The monoisotopic (exact) mass is 519 g/mol. The Kier molecular flexibility index (Phi) is 5.79. The van der Waals surface area contributed by atoms with Crippen LogP contribution in [0, 0.1) is 6.92 Å². The number of Topliss-reactive ketones (excluding diaryl/α,β-unsaturated/α-hetero) is 1. The summed E-state index contributed by atoms with van der Waals surface area (Å²) in [7, 11) is 3.23. The smallest absolute Gasteiger partial charge is 0.231 e. The third kappa shape index (κ3) is 3.65. The number of para-hydroxylation sites is 3. The molecule has 7 heteroatoms. The van der Waals surface area contributed by atoms with Crippen molar-refractivity contribution >= 4 is 23.1 Å². The van der Waals surface area contributed by atoms with E-state index in [1.165, 1.54) is 7.11 Å². The first-order chi connectivity index (χ1) is 18.8. The number of nitrogens with one attached hydrogen (secondary N) is 1. The first-order valence-electron chi connectivity index (χ1n) is 12.9. The van der Waals surface area contributed by atoms with Crippen LogP contribution in [0.1, 0.15) is 46.6 Å². The summed E-state index contributed by atoms with van der Waals surface area (Å²) in [6.07, 6.45) is 1.75. The van der Waals surface area contributed by atoms with Gasteiger partial charge in [-0.3, -0.25) is 9.59 Å². The van der Waals surface area contributed by atoms with Crippen molar-refractivity contribution in [2.45, 2.75) is 26.3 Å². The van der Waals surface area contributed by atoms with Crippen molar-refractivity contribution in [3.8, 4) is 28.4 Å². The number of fused-ring (bicyclic) bond motifs is 5. The van der Waals surface area contributed by atoms with Crippen LogP contribution >= 0.6 is 0 Å². The number of phenols is 1. The molecule has 0 saturated carbocycles. The van der Waals surface area contributed by atoms with Crippen molar-refractivity contribution in [1.29, 1.82) is 0 Å². The average molecular weight is 520 g/mol. The predicted molar refractivity (Wildman–Crippen MR) is 152 cm³/mol. The van der Waals surface area contributed by atoms with Crippen LogP contribution in [-0.2, 0) is 4.79 Å². The zero-order valence-electron chi connectivity index (χ0n) is 22.3. The molecule has 1 unspecified atom stereocenters. The van der Waals surface area contributed by atoms with Crippen molar-refractivity contribution < 1.29 is 19.4 Å². The van der Waals surface area contributed by atoms with Crippen LogP contribution in [0.4, 0.5) is 11.4 Å². The molecule has 2 N–H and O–H groups in total. The number of nitrogens with zero attached hydrogens (tertiary/aromatic N) is 2. The van der Waals surface area contributed by atoms with Crippen LogP contribution in [0.5, 0.6) is 11.5 Å². The van der Waals surface area contributed by atoms with Crippen molar-refractivity contribution in [1.82, 2.24) is 4.57 Å². The highest BCUT2D eigenvalue weighted by Gasteiger charge is 2.42. The third-order valence-electron chi connectivity index (χ3n) is 7.67. The average Bonchev–Trinajstić information content (AvgIpc) is 3.27. The highest BCUT2D eigenvalue weighted by Crippen LogP contribution is 2.52. The molecule has 196 valence electrons. The van der Waals surface area contributed by atoms with Gasteiger partial charge in [0.05, 0.1) is 53.6 Å². The number of aryl methyl sites for hydroxylation is 1. The van der Waals surface area contributed by atoms with E-state index in [1.807, 2.05) is 61.5 Å². The third-order valence-corrected chi connectivity index (χ3v) is 7.67. The van der Waals surface area contributed by atoms with Gasteiger partial charge in [0, 0.05) is 18.2 Å². The number of hydrogen-bond acceptors (Lipinski definition) is 5. The second kappa shape index (κ2) is 9.20. The molecule has 0 aliphatic carbocycles. The Morgan fingerprint density at radius 2 is 1.82 bits per heavy atom. The lowest BCUT2D eigenvalue weighted by Crippen LogP contribution is -2.29. The first-order valence-corrected chi connectivity index (χ1v) is 12.9. The van der Waals surface area contributed by atoms with E-state index in [9.17, 15) is 14.7 Å². The Hall–Kier alpha value is -4.78. The van der Waals surface area contributed by atoms with Gasteiger partial charge in [0.2, 0.25) is 5.91 Å². The second-order valence-corrected chi connectivity index (χ2v) is 9.93. The molecule has 0 radical (unpaired) electrons. The van der Waals surface area contributed by atoms with E-state index in [1.54, 1.807) is 31.0 Å². The molecule has 7 nitrogen and oxygen atoms in total. The summed E-state index contributed by atoms with van der Waals surface area (Å²) < 4.78 is 7.51. The lowest BCUT2D eigenvalue weighted by molar-refractivity contribution is -0.117. The minimum Gasteiger partial charge on any atom is -0.504 e. The SMILES string of the molecule is C/C=C1/CC(=O)N(C)c2c(c(-c3cccc(C)c3)n3c2C(c2cccc(OC)c2O)Nc2ccccc2-3)C1=O. The van der Waals surface area contributed by atoms with Gasteiger partial charge in [-0.2, -0.15) is 0 Å². The summed E-state index contributed by atoms with van der Waals surface area (Å²) in [5.41, 5.74) is 7.08. The van der Waals surface area contributed by atoms with E-state index in [0.717, 1.165) is 28.2 Å². The highest BCUT2D eigenvalue weighted by atomic mass is 16.5. The van der Waals surface area contributed by atoms with Gasteiger partial charge >= 0.3 is 0 Å². The van der Waals surface area contributed by atoms with Gasteiger partial charge in [0.15, 0.2) is 17.3 Å². The number of methoxy groups -OCH3 is 1. The maximum Gasteiger partial charge on any atom is 0.231 e. The van der Waals surface area contributed by atoms with Gasteiger partial charge in [-0.25, -0.2) is 0 Å². The predicted octanol–water partition coefficient (Wildman–Crippen LogP) is 6.18. The van der Waals surface area contributed by atoms with Gasteiger partial charge in [0.1, 0.15) is 0 Å². The summed E-state index contributed by atoms with van der Waals surface area (Å²) in [6, 6.07) is 20.7. The Labute approximate surface area is 227 Å². The maximum absolute atomic E-state index is 14.2. The normalized spacial score (nSPS) is 17.3. The van der Waals surface area contributed by atoms with E-state index in [4.69, 9.17) is 4.74 Å². The fourth-order valence-corrected chi connectivity index (χ4v) is 5.77. The molecule has 0 fully saturated rings. The molecule has 6 rings (SSSR count). The summed E-state index contributed by atoms with van der Waals surface area (Å²) in [4.78, 5) is 29.3. The number of aromatic hydroxyl groups is 1. The summed E-state index contributed by atoms with van der Waals surface area (Å²) >= 11 is 0. The number of amides is 1. The zero-order valence-corrected chi connectivity index (χ0v) is 22.3. The number of aromatic nitrogens is 1. The number of ether oxygens (including phenoxy) is 1. The molecular weight excluding hydrogens is 490 g/mol. The number of anilines is 2. The van der Waals surface area contributed by atoms with Gasteiger partial charge in [-0.15, -0.1) is 0 Å². The van der Waals surface area contributed by atoms with E-state index in [2.05, 4.69) is 16.0 Å². The summed E-state index contributed by atoms with van der Waals surface area (Å²) in [5, 5.41) is 14.8. The number of allylic oxidation sites excluding steroid dienone is 1. The van der Waals surface area contributed by atoms with Crippen LogP contribution in [0.2, 0.25) is 0 Å². The Balaban J connectivity index is 1.80. The molecule has 1 amide bonds. The van der Waals surface area contributed by atoms with Crippen LogP contribution in [-0.4, -0.2) is 35.5 Å². The highest BCUT2D eigenvalue weighted by molar-refractivity contribution is 6.23. The zero-order chi connectivity index (χ0) is 27.4. The Morgan fingerprint density at radius 3 is 2.56 bits per heavy atom. The minimum absolute atomic E-state index is 0.00134. The van der Waals surface area contributed by atoms with E-state index in [-0.39, 0.29) is 23.9 Å². The van der Waals surface area contributed by atoms with Gasteiger partial charge < -0.3 is 24.6 Å². The molecule has 0 saturated heterocycles. The van der Waals surface area contributed by atoms with Crippen LogP contribution in [0.15, 0.2) is 78.4 Å². The quantitative estimate of drug-likeness (QED) is 0.316. The standard InChI is InChI=1S/C32H29N3O4/c1-5-19-17-25(36)34(3)29-26(31(19)37)28(20-11-8-10-18(2)16-20)35-23-14-7-6-13-22(23)33-27(30(29)35)21-12-9-15-24(39-4)32(21)38/h5-16,27,33,38H,17H2,1-4H3/b19-5-. The molecule has 39 heavy (non-hydrogen) atoms. The van der Waals surface area contributed by atoms with Crippen molar-refractivity contribution in [3.63, 3.8) is 0 Å². The molecule has 3 aromatic carbocycles. The largest absolute Gasteiger partial charge is 0.504 e. The summed E-state index contributed by atoms with van der Waals surface area (Å²) in [6.45, 7) is 3.81. The fourth-order valence-electron chi connectivity index (χ4n) is 5.77. The minimum atomic E-state index is -0.586. The fraction of sp³-hybridized carbons (Fsp3) is 0.188. The molecule has 3 heterocycles. The number of phenolic OH excluding ortho intramolecular Hbond substituents is 1. The van der Waals surface area contributed by atoms with E-state index >= 15 is 0 Å². The molecule has 1 atom stereocenters. The molecule has 0 spiro atoms. The molecular formula is C32H29N3O4. The number of carbonyl (C=O) groups is 2. The number of benzene rings is 3. The number of hydrogen-bond donors (Lipinski definition) is 2. The molecule has 0 bridgehead atoms.